The molecule has 0 aliphatic carbocycles. The van der Waals surface area contributed by atoms with Crippen molar-refractivity contribution in [2.75, 3.05) is 0 Å². The van der Waals surface area contributed by atoms with Crippen molar-refractivity contribution in [3.05, 3.63) is 105 Å². The Balaban J connectivity index is -0.0000000336. The maximum atomic E-state index is 8.63. The fraction of sp³-hybridized carbons (Fsp3) is 0.512. The minimum atomic E-state index is 0. The number of aromatic hydroxyl groups is 3. The molecule has 0 saturated carbocycles. The fourth-order valence-electron chi connectivity index (χ4n) is 1.28. The van der Waals surface area contributed by atoms with Gasteiger partial charge in [-0.2, -0.15) is 13.8 Å². The first-order chi connectivity index (χ1) is 20.7. The van der Waals surface area contributed by atoms with E-state index < -0.39 is 0 Å². The quantitative estimate of drug-likeness (QED) is 0.199. The molecule has 3 aromatic rings. The van der Waals surface area contributed by atoms with E-state index in [0.29, 0.717) is 17.2 Å². The minimum absolute atomic E-state index is 0. The molecule has 46 heavy (non-hydrogen) atoms. The predicted molar refractivity (Wildman–Crippen MR) is 209 cm³/mol. The first-order valence-electron chi connectivity index (χ1n) is 16.3. The van der Waals surface area contributed by atoms with Gasteiger partial charge in [0, 0.05) is 65.4 Å². The van der Waals surface area contributed by atoms with Gasteiger partial charge >= 0.3 is 0 Å². The molecule has 0 spiro atoms. The standard InChI is InChI=1S/3C6H6O.6C3H8.2C2H5.CH4.2Y/c3*7-6-4-2-1-3-5-6;6*1-3-2;2*1-2;;;/h3*1-5,7H;6*3H2,1-2H3;2*1H2,2H3;1H4;;/q;;;;;;;;;2*-1;;;. The maximum absolute atomic E-state index is 8.63. The Morgan fingerprint density at radius 1 is 0.326 bits per heavy atom. The third-order valence-electron chi connectivity index (χ3n) is 2.27. The van der Waals surface area contributed by atoms with Crippen LogP contribution in [0, 0.1) is 13.8 Å². The van der Waals surface area contributed by atoms with Crippen LogP contribution < -0.4 is 0 Å². The normalized spacial score (nSPS) is 6.52. The Bertz CT molecular complexity index is 579. The summed E-state index contributed by atoms with van der Waals surface area (Å²) in [5.41, 5.74) is 0. The van der Waals surface area contributed by atoms with Crippen LogP contribution in [0.25, 0.3) is 0 Å². The number of hydrogen-bond donors (Lipinski definition) is 3. The molecule has 3 aromatic carbocycles. The van der Waals surface area contributed by atoms with Gasteiger partial charge in [0.05, 0.1) is 0 Å². The molecule has 3 N–H and O–H groups in total. The van der Waals surface area contributed by atoms with Gasteiger partial charge < -0.3 is 29.2 Å². The van der Waals surface area contributed by atoms with E-state index in [2.05, 4.69) is 96.9 Å². The largest absolute Gasteiger partial charge is 0.508 e. The molecule has 3 nitrogen and oxygen atoms in total. The molecule has 0 aliphatic rings. The molecule has 0 unspecified atom stereocenters. The summed E-state index contributed by atoms with van der Waals surface area (Å²) in [5.74, 6) is 0.965. The van der Waals surface area contributed by atoms with Crippen molar-refractivity contribution in [1.29, 1.82) is 0 Å². The van der Waals surface area contributed by atoms with Gasteiger partial charge in [0.25, 0.3) is 0 Å². The van der Waals surface area contributed by atoms with Crippen LogP contribution in [0.2, 0.25) is 0 Å². The van der Waals surface area contributed by atoms with Crippen LogP contribution in [0.15, 0.2) is 91.0 Å². The van der Waals surface area contributed by atoms with E-state index in [1.54, 1.807) is 86.6 Å². The Hall–Kier alpha value is -0.732. The first kappa shape index (κ1) is 75.5. The smallest absolute Gasteiger partial charge is 0.115 e. The first-order valence-corrected chi connectivity index (χ1v) is 16.3. The summed E-state index contributed by atoms with van der Waals surface area (Å²) in [4.78, 5) is 0. The summed E-state index contributed by atoms with van der Waals surface area (Å²) in [5, 5.41) is 25.9. The topological polar surface area (TPSA) is 60.7 Å². The van der Waals surface area contributed by atoms with Crippen LogP contribution in [0.3, 0.4) is 0 Å². The molecule has 0 bridgehead atoms. The van der Waals surface area contributed by atoms with Crippen LogP contribution in [0.4, 0.5) is 0 Å². The van der Waals surface area contributed by atoms with Crippen molar-refractivity contribution in [3.63, 3.8) is 0 Å². The average Bonchev–Trinajstić information content (AvgIpc) is 3.00. The van der Waals surface area contributed by atoms with Gasteiger partial charge in [0.1, 0.15) is 17.2 Å². The van der Waals surface area contributed by atoms with Crippen LogP contribution in [-0.2, 0) is 65.4 Å². The minimum Gasteiger partial charge on any atom is -0.508 e. The van der Waals surface area contributed by atoms with Gasteiger partial charge in [-0.25, -0.2) is 0 Å². The Labute approximate surface area is 342 Å². The summed E-state index contributed by atoms with van der Waals surface area (Å²) in [7, 11) is 0. The van der Waals surface area contributed by atoms with Gasteiger partial charge in [0.2, 0.25) is 0 Å². The molecule has 0 atom stereocenters. The van der Waals surface area contributed by atoms with Crippen molar-refractivity contribution in [2.45, 2.75) is 143 Å². The Morgan fingerprint density at radius 2 is 0.413 bits per heavy atom. The van der Waals surface area contributed by atoms with E-state index in [4.69, 9.17) is 15.3 Å². The van der Waals surface area contributed by atoms with Crippen molar-refractivity contribution in [2.24, 2.45) is 0 Å². The summed E-state index contributed by atoms with van der Waals surface area (Å²) in [6.45, 7) is 35.5. The zero-order valence-electron chi connectivity index (χ0n) is 32.3. The number of phenols is 3. The second-order valence-electron chi connectivity index (χ2n) is 8.25. The molecular formula is C41H80O3Y2-2. The predicted octanol–water partition coefficient (Wildman–Crippen LogP) is 15.0. The monoisotopic (exact) mass is 798 g/mol. The molecule has 2 radical (unpaired) electrons. The van der Waals surface area contributed by atoms with Gasteiger partial charge in [-0.1, -0.05) is 184 Å². The van der Waals surface area contributed by atoms with Gasteiger partial charge in [-0.05, 0) is 36.4 Å². The van der Waals surface area contributed by atoms with E-state index in [1.165, 1.54) is 38.5 Å². The number of para-hydroxylation sites is 3. The zero-order chi connectivity index (χ0) is 35.6. The van der Waals surface area contributed by atoms with E-state index in [-0.39, 0.29) is 72.8 Å². The number of phenolic OH excluding ortho intramolecular Hbond substituents is 3. The van der Waals surface area contributed by atoms with E-state index >= 15 is 0 Å². The summed E-state index contributed by atoms with van der Waals surface area (Å²) in [6, 6.07) is 26.1. The molecule has 0 saturated heterocycles. The third kappa shape index (κ3) is 143. The second kappa shape index (κ2) is 96.7. The Kier molecular flexibility index (Phi) is 159. The van der Waals surface area contributed by atoms with E-state index in [0.717, 1.165) is 0 Å². The SMILES string of the molecule is C.CCC.CCC.CCC.CCC.CCC.CCC.Oc1ccccc1.Oc1ccccc1.Oc1ccccc1.[CH2-]C.[CH2-]C.[Y].[Y]. The summed E-state index contributed by atoms with van der Waals surface area (Å²) < 4.78 is 0. The number of benzene rings is 3. The molecule has 0 heterocycles. The third-order valence-corrected chi connectivity index (χ3v) is 2.27. The van der Waals surface area contributed by atoms with Crippen LogP contribution in [0.1, 0.15) is 143 Å². The molecule has 3 rings (SSSR count). The van der Waals surface area contributed by atoms with Crippen LogP contribution in [0.5, 0.6) is 17.2 Å². The zero-order valence-corrected chi connectivity index (χ0v) is 38.0. The molecule has 0 fully saturated rings. The van der Waals surface area contributed by atoms with Crippen molar-refractivity contribution in [1.82, 2.24) is 0 Å². The molecule has 0 amide bonds. The molecular weight excluding hydrogens is 718 g/mol. The molecule has 0 aromatic heterocycles. The van der Waals surface area contributed by atoms with Gasteiger partial charge in [0.15, 0.2) is 0 Å². The van der Waals surface area contributed by atoms with E-state index in [1.807, 2.05) is 18.2 Å². The van der Waals surface area contributed by atoms with Crippen LogP contribution >= 0.6 is 0 Å². The average molecular weight is 799 g/mol. The van der Waals surface area contributed by atoms with E-state index in [9.17, 15) is 0 Å². The van der Waals surface area contributed by atoms with Crippen molar-refractivity contribution >= 4 is 0 Å². The fourth-order valence-corrected chi connectivity index (χ4v) is 1.28. The number of hydrogen-bond acceptors (Lipinski definition) is 3. The molecule has 5 heteroatoms. The van der Waals surface area contributed by atoms with Crippen molar-refractivity contribution < 1.29 is 80.7 Å². The Morgan fingerprint density at radius 3 is 0.457 bits per heavy atom. The summed E-state index contributed by atoms with van der Waals surface area (Å²) in [6.07, 6.45) is 7.50. The summed E-state index contributed by atoms with van der Waals surface area (Å²) >= 11 is 0. The molecule has 270 valence electrons. The second-order valence-corrected chi connectivity index (χ2v) is 8.25. The number of rotatable bonds is 0. The van der Waals surface area contributed by atoms with Gasteiger partial charge in [-0.3, -0.25) is 0 Å². The van der Waals surface area contributed by atoms with Crippen LogP contribution in [-0.4, -0.2) is 15.3 Å². The maximum Gasteiger partial charge on any atom is 0.115 e. The van der Waals surface area contributed by atoms with Gasteiger partial charge in [-0.15, -0.1) is 0 Å². The van der Waals surface area contributed by atoms with Crippen molar-refractivity contribution in [3.8, 4) is 17.2 Å². The molecule has 0 aliphatic heterocycles.